The van der Waals surface area contributed by atoms with Crippen LogP contribution >= 0.6 is 18.9 Å². The van der Waals surface area contributed by atoms with Gasteiger partial charge in [-0.25, -0.2) is 4.67 Å². The molecule has 1 heterocycles. The van der Waals surface area contributed by atoms with E-state index in [2.05, 4.69) is 0 Å². The molecule has 0 bridgehead atoms. The van der Waals surface area contributed by atoms with E-state index in [0.29, 0.717) is 5.02 Å². The van der Waals surface area contributed by atoms with Gasteiger partial charge in [-0.3, -0.25) is 9.36 Å². The molecule has 29 heavy (non-hydrogen) atoms. The molecule has 0 spiro atoms. The Hall–Kier alpha value is -2.39. The Balaban J connectivity index is 1.87. The summed E-state index contributed by atoms with van der Waals surface area (Å²) in [7, 11) is 0.245. The maximum atomic E-state index is 14.7. The van der Waals surface area contributed by atoms with Gasteiger partial charge in [-0.1, -0.05) is 60.1 Å². The van der Waals surface area contributed by atoms with Crippen LogP contribution in [0.5, 0.6) is 0 Å². The number of benzene rings is 3. The molecule has 3 atom stereocenters. The largest absolute Gasteiger partial charge is 0.347 e. The highest BCUT2D eigenvalue weighted by molar-refractivity contribution is 7.76. The molecule has 1 unspecified atom stereocenters. The van der Waals surface area contributed by atoms with Gasteiger partial charge in [0, 0.05) is 29.7 Å². The standard InChI is InChI=1S/C23H22ClN2O2P/c1-25(2)23(27)22-21(17-13-15-18(24)16-14-17)26(22)29(28,19-9-5-3-6-10-19)20-11-7-4-8-12-20/h3-16,21-22H,1-2H3/t21-,22+,26?/m0/s1. The predicted molar refractivity (Wildman–Crippen MR) is 118 cm³/mol. The van der Waals surface area contributed by atoms with Crippen LogP contribution in [0.1, 0.15) is 11.6 Å². The van der Waals surface area contributed by atoms with Crippen molar-refractivity contribution >= 4 is 35.4 Å². The third-order valence-corrected chi connectivity index (χ3v) is 8.62. The number of likely N-dealkylation sites (N-methyl/N-ethyl adjacent to an activating group) is 1. The number of carbonyl (C=O) groups is 1. The Morgan fingerprint density at radius 1 is 0.862 bits per heavy atom. The molecule has 0 aliphatic carbocycles. The van der Waals surface area contributed by atoms with E-state index in [1.807, 2.05) is 77.5 Å². The Labute approximate surface area is 176 Å². The van der Waals surface area contributed by atoms with Gasteiger partial charge in [-0.15, -0.1) is 0 Å². The van der Waals surface area contributed by atoms with Gasteiger partial charge in [0.25, 0.3) is 0 Å². The van der Waals surface area contributed by atoms with E-state index < -0.39 is 13.3 Å². The van der Waals surface area contributed by atoms with Crippen LogP contribution in [-0.2, 0) is 9.36 Å². The Bertz CT molecular complexity index is 1010. The van der Waals surface area contributed by atoms with Crippen molar-refractivity contribution in [2.24, 2.45) is 0 Å². The van der Waals surface area contributed by atoms with Crippen molar-refractivity contribution < 1.29 is 9.36 Å². The van der Waals surface area contributed by atoms with Crippen LogP contribution in [0.25, 0.3) is 0 Å². The molecule has 1 aliphatic heterocycles. The lowest BCUT2D eigenvalue weighted by Crippen LogP contribution is -2.30. The molecule has 3 aromatic carbocycles. The third kappa shape index (κ3) is 3.53. The molecule has 0 radical (unpaired) electrons. The molecule has 1 fully saturated rings. The zero-order valence-electron chi connectivity index (χ0n) is 16.3. The van der Waals surface area contributed by atoms with Gasteiger partial charge in [0.15, 0.2) is 0 Å². The van der Waals surface area contributed by atoms with Gasteiger partial charge < -0.3 is 4.90 Å². The summed E-state index contributed by atoms with van der Waals surface area (Å²) in [6, 6.07) is 25.5. The summed E-state index contributed by atoms with van der Waals surface area (Å²) in [6.07, 6.45) is 0. The van der Waals surface area contributed by atoms with Crippen LogP contribution < -0.4 is 10.6 Å². The van der Waals surface area contributed by atoms with E-state index in [-0.39, 0.29) is 11.9 Å². The molecule has 1 aliphatic rings. The summed E-state index contributed by atoms with van der Waals surface area (Å²) >= 11 is 6.06. The Kier molecular flexibility index (Phi) is 5.35. The van der Waals surface area contributed by atoms with Gasteiger partial charge >= 0.3 is 0 Å². The fourth-order valence-electron chi connectivity index (χ4n) is 3.75. The molecular weight excluding hydrogens is 403 g/mol. The number of nitrogens with zero attached hydrogens (tertiary/aromatic N) is 2. The number of hydrogen-bond donors (Lipinski definition) is 0. The zero-order chi connectivity index (χ0) is 20.6. The van der Waals surface area contributed by atoms with Crippen molar-refractivity contribution in [3.63, 3.8) is 0 Å². The van der Waals surface area contributed by atoms with Crippen molar-refractivity contribution in [2.75, 3.05) is 14.1 Å². The molecule has 4 rings (SSSR count). The van der Waals surface area contributed by atoms with Crippen LogP contribution in [0.2, 0.25) is 5.02 Å². The molecule has 6 heteroatoms. The molecule has 148 valence electrons. The fourth-order valence-corrected chi connectivity index (χ4v) is 6.99. The van der Waals surface area contributed by atoms with E-state index in [4.69, 9.17) is 11.6 Å². The van der Waals surface area contributed by atoms with Crippen molar-refractivity contribution in [2.45, 2.75) is 12.1 Å². The number of halogens is 1. The quantitative estimate of drug-likeness (QED) is 0.457. The minimum Gasteiger partial charge on any atom is -0.347 e. The SMILES string of the molecule is CN(C)C(=O)[C@H]1[C@H](c2ccc(Cl)cc2)N1P(=O)(c1ccccc1)c1ccccc1. The van der Waals surface area contributed by atoms with Crippen LogP contribution in [0.4, 0.5) is 0 Å². The smallest absolute Gasteiger partial charge is 0.241 e. The Morgan fingerprint density at radius 3 is 1.79 bits per heavy atom. The van der Waals surface area contributed by atoms with Gasteiger partial charge in [0.05, 0.1) is 6.04 Å². The first-order chi connectivity index (χ1) is 13.9. The zero-order valence-corrected chi connectivity index (χ0v) is 17.9. The predicted octanol–water partition coefficient (Wildman–Crippen LogP) is 4.08. The normalized spacial score (nSPS) is 20.9. The lowest BCUT2D eigenvalue weighted by molar-refractivity contribution is -0.128. The first-order valence-corrected chi connectivity index (χ1v) is 11.4. The van der Waals surface area contributed by atoms with Gasteiger partial charge in [0.2, 0.25) is 13.2 Å². The highest BCUT2D eigenvalue weighted by atomic mass is 35.5. The van der Waals surface area contributed by atoms with Crippen molar-refractivity contribution in [3.05, 3.63) is 95.5 Å². The maximum absolute atomic E-state index is 14.7. The van der Waals surface area contributed by atoms with Crippen molar-refractivity contribution in [3.8, 4) is 0 Å². The maximum Gasteiger partial charge on any atom is 0.241 e. The summed E-state index contributed by atoms with van der Waals surface area (Å²) in [5.41, 5.74) is 0.932. The molecule has 0 saturated carbocycles. The van der Waals surface area contributed by atoms with Gasteiger partial charge in [-0.2, -0.15) is 0 Å². The van der Waals surface area contributed by atoms with E-state index in [1.54, 1.807) is 31.1 Å². The summed E-state index contributed by atoms with van der Waals surface area (Å²) in [4.78, 5) is 14.6. The highest BCUT2D eigenvalue weighted by Gasteiger charge is 2.62. The van der Waals surface area contributed by atoms with Crippen LogP contribution in [-0.4, -0.2) is 35.6 Å². The molecule has 1 saturated heterocycles. The lowest BCUT2D eigenvalue weighted by atomic mass is 10.1. The summed E-state index contributed by atoms with van der Waals surface area (Å²) < 4.78 is 16.6. The molecule has 0 N–H and O–H groups in total. The second kappa shape index (κ2) is 7.79. The average Bonchev–Trinajstić information content (AvgIpc) is 3.50. The first kappa shape index (κ1) is 19.9. The minimum atomic E-state index is -3.22. The molecule has 4 nitrogen and oxygen atoms in total. The van der Waals surface area contributed by atoms with Crippen LogP contribution in [0.3, 0.4) is 0 Å². The van der Waals surface area contributed by atoms with Gasteiger partial charge in [-0.05, 0) is 42.0 Å². The van der Waals surface area contributed by atoms with Crippen LogP contribution in [0.15, 0.2) is 84.9 Å². The number of hydrogen-bond acceptors (Lipinski definition) is 2. The van der Waals surface area contributed by atoms with Crippen molar-refractivity contribution in [1.29, 1.82) is 0 Å². The summed E-state index contributed by atoms with van der Waals surface area (Å²) in [5.74, 6) is -0.0583. The minimum absolute atomic E-state index is 0.0583. The highest BCUT2D eigenvalue weighted by Crippen LogP contribution is 2.64. The number of rotatable bonds is 5. The van der Waals surface area contributed by atoms with Crippen LogP contribution in [0, 0.1) is 0 Å². The van der Waals surface area contributed by atoms with E-state index >= 15 is 0 Å². The second-order valence-corrected chi connectivity index (χ2v) is 10.4. The van der Waals surface area contributed by atoms with Crippen molar-refractivity contribution in [1.82, 2.24) is 9.57 Å². The average molecular weight is 425 g/mol. The number of carbonyl (C=O) groups excluding carboxylic acids is 1. The monoisotopic (exact) mass is 424 g/mol. The summed E-state index contributed by atoms with van der Waals surface area (Å²) in [6.45, 7) is 0. The topological polar surface area (TPSA) is 40.4 Å². The molecular formula is C23H22ClN2O2P. The van der Waals surface area contributed by atoms with E-state index in [1.165, 1.54) is 0 Å². The first-order valence-electron chi connectivity index (χ1n) is 9.41. The second-order valence-electron chi connectivity index (χ2n) is 7.30. The lowest BCUT2D eigenvalue weighted by Gasteiger charge is -2.22. The number of amides is 1. The van der Waals surface area contributed by atoms with E-state index in [9.17, 15) is 9.36 Å². The van der Waals surface area contributed by atoms with Gasteiger partial charge in [0.1, 0.15) is 6.04 Å². The summed E-state index contributed by atoms with van der Waals surface area (Å²) in [5, 5.41) is 2.07. The fraction of sp³-hybridized carbons (Fsp3) is 0.174. The Morgan fingerprint density at radius 2 is 1.34 bits per heavy atom. The molecule has 1 amide bonds. The third-order valence-electron chi connectivity index (χ3n) is 5.22. The molecule has 0 aromatic heterocycles. The van der Waals surface area contributed by atoms with E-state index in [0.717, 1.165) is 16.2 Å². The molecule has 3 aromatic rings.